The van der Waals surface area contributed by atoms with Crippen LogP contribution in [-0.4, -0.2) is 30.8 Å². The van der Waals surface area contributed by atoms with Crippen molar-refractivity contribution in [2.45, 2.75) is 38.1 Å². The van der Waals surface area contributed by atoms with E-state index in [4.69, 9.17) is 0 Å². The van der Waals surface area contributed by atoms with Crippen molar-refractivity contribution in [3.63, 3.8) is 0 Å². The van der Waals surface area contributed by atoms with E-state index >= 15 is 0 Å². The molecule has 0 fully saturated rings. The number of rotatable bonds is 7. The van der Waals surface area contributed by atoms with Crippen LogP contribution in [0.25, 0.3) is 0 Å². The SMILES string of the molecule is CCNC(=NCCCSc1ccccc1)NC(C)C. The molecule has 0 unspecified atom stereocenters. The van der Waals surface area contributed by atoms with Crippen molar-refractivity contribution in [2.75, 3.05) is 18.8 Å². The molecule has 106 valence electrons. The Morgan fingerprint density at radius 2 is 2.00 bits per heavy atom. The quantitative estimate of drug-likeness (QED) is 0.348. The van der Waals surface area contributed by atoms with Gasteiger partial charge in [-0.2, -0.15) is 0 Å². The molecule has 1 aromatic carbocycles. The highest BCUT2D eigenvalue weighted by molar-refractivity contribution is 7.99. The molecule has 0 saturated carbocycles. The summed E-state index contributed by atoms with van der Waals surface area (Å²) in [4.78, 5) is 5.90. The van der Waals surface area contributed by atoms with Crippen LogP contribution in [0, 0.1) is 0 Å². The summed E-state index contributed by atoms with van der Waals surface area (Å²) in [6.45, 7) is 8.10. The smallest absolute Gasteiger partial charge is 0.191 e. The lowest BCUT2D eigenvalue weighted by molar-refractivity contribution is 0.699. The molecule has 0 spiro atoms. The van der Waals surface area contributed by atoms with Gasteiger partial charge in [-0.15, -0.1) is 11.8 Å². The van der Waals surface area contributed by atoms with Gasteiger partial charge < -0.3 is 10.6 Å². The molecular formula is C15H25N3S. The summed E-state index contributed by atoms with van der Waals surface area (Å²) in [5.41, 5.74) is 0. The van der Waals surface area contributed by atoms with Crippen molar-refractivity contribution < 1.29 is 0 Å². The summed E-state index contributed by atoms with van der Waals surface area (Å²) in [6, 6.07) is 10.9. The average molecular weight is 279 g/mol. The molecule has 4 heteroatoms. The van der Waals surface area contributed by atoms with Crippen molar-refractivity contribution in [3.8, 4) is 0 Å². The molecule has 0 radical (unpaired) electrons. The molecule has 0 heterocycles. The van der Waals surface area contributed by atoms with Crippen LogP contribution >= 0.6 is 11.8 Å². The van der Waals surface area contributed by atoms with Gasteiger partial charge in [0.05, 0.1) is 0 Å². The first-order valence-electron chi connectivity index (χ1n) is 6.95. The van der Waals surface area contributed by atoms with Crippen molar-refractivity contribution >= 4 is 17.7 Å². The molecule has 0 saturated heterocycles. The number of thioether (sulfide) groups is 1. The monoisotopic (exact) mass is 279 g/mol. The third-order valence-corrected chi connectivity index (χ3v) is 3.45. The van der Waals surface area contributed by atoms with Crippen LogP contribution in [0.5, 0.6) is 0 Å². The zero-order chi connectivity index (χ0) is 13.9. The van der Waals surface area contributed by atoms with E-state index in [1.54, 1.807) is 0 Å². The van der Waals surface area contributed by atoms with E-state index in [1.807, 2.05) is 11.8 Å². The zero-order valence-corrected chi connectivity index (χ0v) is 13.0. The predicted octanol–water partition coefficient (Wildman–Crippen LogP) is 3.13. The van der Waals surface area contributed by atoms with Crippen LogP contribution in [0.2, 0.25) is 0 Å². The van der Waals surface area contributed by atoms with Gasteiger partial charge in [0.15, 0.2) is 5.96 Å². The van der Waals surface area contributed by atoms with Gasteiger partial charge in [0.1, 0.15) is 0 Å². The molecular weight excluding hydrogens is 254 g/mol. The second-order valence-electron chi connectivity index (χ2n) is 4.57. The predicted molar refractivity (Wildman–Crippen MR) is 86.0 cm³/mol. The van der Waals surface area contributed by atoms with Crippen LogP contribution in [0.15, 0.2) is 40.2 Å². The number of guanidine groups is 1. The van der Waals surface area contributed by atoms with Crippen molar-refractivity contribution in [3.05, 3.63) is 30.3 Å². The van der Waals surface area contributed by atoms with Crippen LogP contribution in [-0.2, 0) is 0 Å². The normalized spacial score (nSPS) is 11.7. The van der Waals surface area contributed by atoms with Crippen molar-refractivity contribution in [1.29, 1.82) is 0 Å². The molecule has 1 rings (SSSR count). The Morgan fingerprint density at radius 1 is 1.26 bits per heavy atom. The number of hydrogen-bond donors (Lipinski definition) is 2. The third kappa shape index (κ3) is 7.78. The maximum atomic E-state index is 4.57. The molecule has 2 N–H and O–H groups in total. The molecule has 0 aliphatic carbocycles. The Hall–Kier alpha value is -1.16. The second kappa shape index (κ2) is 9.73. The maximum Gasteiger partial charge on any atom is 0.191 e. The van der Waals surface area contributed by atoms with Crippen molar-refractivity contribution in [1.82, 2.24) is 10.6 Å². The Morgan fingerprint density at radius 3 is 2.63 bits per heavy atom. The Bertz CT molecular complexity index is 363. The lowest BCUT2D eigenvalue weighted by atomic mass is 10.4. The average Bonchev–Trinajstić information content (AvgIpc) is 2.39. The first-order chi connectivity index (χ1) is 9.22. The summed E-state index contributed by atoms with van der Waals surface area (Å²) < 4.78 is 0. The van der Waals surface area contributed by atoms with Gasteiger partial charge in [-0.3, -0.25) is 4.99 Å². The molecule has 3 nitrogen and oxygen atoms in total. The summed E-state index contributed by atoms with van der Waals surface area (Å²) in [7, 11) is 0. The highest BCUT2D eigenvalue weighted by atomic mass is 32.2. The van der Waals surface area contributed by atoms with Gasteiger partial charge in [-0.05, 0) is 45.1 Å². The van der Waals surface area contributed by atoms with E-state index < -0.39 is 0 Å². The maximum absolute atomic E-state index is 4.57. The second-order valence-corrected chi connectivity index (χ2v) is 5.74. The number of aliphatic imine (C=N–C) groups is 1. The number of nitrogens with zero attached hydrogens (tertiary/aromatic N) is 1. The topological polar surface area (TPSA) is 36.4 Å². The van der Waals surface area contributed by atoms with Gasteiger partial charge in [0, 0.05) is 24.0 Å². The molecule has 0 aromatic heterocycles. The summed E-state index contributed by atoms with van der Waals surface area (Å²) >= 11 is 1.89. The van der Waals surface area contributed by atoms with Crippen LogP contribution in [0.4, 0.5) is 0 Å². The fourth-order valence-corrected chi connectivity index (χ4v) is 2.41. The van der Waals surface area contributed by atoms with Gasteiger partial charge in [0.25, 0.3) is 0 Å². The first-order valence-corrected chi connectivity index (χ1v) is 7.93. The fraction of sp³-hybridized carbons (Fsp3) is 0.533. The number of benzene rings is 1. The van der Waals surface area contributed by atoms with Crippen LogP contribution in [0.3, 0.4) is 0 Å². The highest BCUT2D eigenvalue weighted by Gasteiger charge is 1.98. The van der Waals surface area contributed by atoms with E-state index in [-0.39, 0.29) is 0 Å². The first kappa shape index (κ1) is 15.9. The highest BCUT2D eigenvalue weighted by Crippen LogP contribution is 2.17. The Balaban J connectivity index is 2.23. The van der Waals surface area contributed by atoms with Gasteiger partial charge in [0.2, 0.25) is 0 Å². The molecule has 19 heavy (non-hydrogen) atoms. The van der Waals surface area contributed by atoms with E-state index in [0.717, 1.165) is 31.2 Å². The number of hydrogen-bond acceptors (Lipinski definition) is 2. The van der Waals surface area contributed by atoms with Crippen LogP contribution < -0.4 is 10.6 Å². The minimum Gasteiger partial charge on any atom is -0.357 e. The van der Waals surface area contributed by atoms with Crippen LogP contribution in [0.1, 0.15) is 27.2 Å². The molecule has 0 amide bonds. The summed E-state index contributed by atoms with van der Waals surface area (Å²) in [5, 5.41) is 6.58. The lowest BCUT2D eigenvalue weighted by Crippen LogP contribution is -2.41. The van der Waals surface area contributed by atoms with Crippen molar-refractivity contribution in [2.24, 2.45) is 4.99 Å². The Kier molecular flexibility index (Phi) is 8.14. The van der Waals surface area contributed by atoms with E-state index in [1.165, 1.54) is 4.90 Å². The lowest BCUT2D eigenvalue weighted by Gasteiger charge is -2.13. The Labute approximate surface area is 121 Å². The standard InChI is InChI=1S/C15H25N3S/c1-4-16-15(18-13(2)3)17-11-8-12-19-14-9-6-5-7-10-14/h5-7,9-10,13H,4,8,11-12H2,1-3H3,(H2,16,17,18). The largest absolute Gasteiger partial charge is 0.357 e. The zero-order valence-electron chi connectivity index (χ0n) is 12.1. The molecule has 0 atom stereocenters. The molecule has 1 aromatic rings. The number of nitrogens with one attached hydrogen (secondary N) is 2. The van der Waals surface area contributed by atoms with Gasteiger partial charge in [-0.25, -0.2) is 0 Å². The van der Waals surface area contributed by atoms with E-state index in [0.29, 0.717) is 6.04 Å². The summed E-state index contributed by atoms with van der Waals surface area (Å²) in [5.74, 6) is 2.02. The molecule has 0 aliphatic heterocycles. The third-order valence-electron chi connectivity index (χ3n) is 2.35. The van der Waals surface area contributed by atoms with Gasteiger partial charge >= 0.3 is 0 Å². The van der Waals surface area contributed by atoms with E-state index in [2.05, 4.69) is 66.7 Å². The van der Waals surface area contributed by atoms with E-state index in [9.17, 15) is 0 Å². The minimum atomic E-state index is 0.413. The fourth-order valence-electron chi connectivity index (χ4n) is 1.56. The molecule has 0 aliphatic rings. The minimum absolute atomic E-state index is 0.413. The summed E-state index contributed by atoms with van der Waals surface area (Å²) in [6.07, 6.45) is 1.09. The molecule has 0 bridgehead atoms. The van der Waals surface area contributed by atoms with Gasteiger partial charge in [-0.1, -0.05) is 18.2 Å².